The summed E-state index contributed by atoms with van der Waals surface area (Å²) in [7, 11) is 0. The molecule has 0 aliphatic rings. The monoisotopic (exact) mass is 333 g/mol. The molecule has 0 saturated carbocycles. The van der Waals surface area contributed by atoms with Crippen molar-refractivity contribution in [3.63, 3.8) is 0 Å². The molecule has 0 radical (unpaired) electrons. The molecule has 0 bridgehead atoms. The van der Waals surface area contributed by atoms with E-state index in [0.717, 1.165) is 10.9 Å². The molecule has 25 heavy (non-hydrogen) atoms. The lowest BCUT2D eigenvalue weighted by Gasteiger charge is -2.14. The summed E-state index contributed by atoms with van der Waals surface area (Å²) < 4.78 is 5.26. The fraction of sp³-hybridized carbons (Fsp3) is 0.105. The number of rotatable bonds is 4. The fourth-order valence-electron chi connectivity index (χ4n) is 2.44. The third-order valence-electron chi connectivity index (χ3n) is 3.77. The summed E-state index contributed by atoms with van der Waals surface area (Å²) in [5.41, 5.74) is 1.90. The van der Waals surface area contributed by atoms with Crippen molar-refractivity contribution < 1.29 is 14.3 Å². The van der Waals surface area contributed by atoms with Gasteiger partial charge in [0, 0.05) is 17.1 Å². The summed E-state index contributed by atoms with van der Waals surface area (Å²) in [6.07, 6.45) is 0.552. The summed E-state index contributed by atoms with van der Waals surface area (Å²) >= 11 is 0. The number of aromatic amines is 1. The molecule has 6 heteroatoms. The van der Waals surface area contributed by atoms with E-state index in [4.69, 9.17) is 10.00 Å². The van der Waals surface area contributed by atoms with Crippen LogP contribution in [0.25, 0.3) is 10.9 Å². The molecule has 1 aromatic heterocycles. The number of para-hydroxylation sites is 2. The van der Waals surface area contributed by atoms with Gasteiger partial charge in [-0.2, -0.15) is 5.26 Å². The first-order valence-corrected chi connectivity index (χ1v) is 7.67. The number of benzene rings is 2. The minimum Gasteiger partial charge on any atom is -0.449 e. The van der Waals surface area contributed by atoms with Crippen LogP contribution < -0.4 is 5.32 Å². The van der Waals surface area contributed by atoms with Gasteiger partial charge in [-0.05, 0) is 25.1 Å². The molecule has 0 aliphatic carbocycles. The molecule has 0 unspecified atom stereocenters. The van der Waals surface area contributed by atoms with E-state index in [1.165, 1.54) is 6.92 Å². The number of nitrogens with one attached hydrogen (secondary N) is 2. The van der Waals surface area contributed by atoms with Crippen molar-refractivity contribution in [3.8, 4) is 6.07 Å². The topological polar surface area (TPSA) is 95.0 Å². The Kier molecular flexibility index (Phi) is 4.48. The second-order valence-electron chi connectivity index (χ2n) is 5.44. The summed E-state index contributed by atoms with van der Waals surface area (Å²) in [4.78, 5) is 27.6. The van der Waals surface area contributed by atoms with E-state index in [1.807, 2.05) is 24.3 Å². The summed E-state index contributed by atoms with van der Waals surface area (Å²) in [6.45, 7) is 1.48. The minimum atomic E-state index is -1.01. The Labute approximate surface area is 144 Å². The average molecular weight is 333 g/mol. The quantitative estimate of drug-likeness (QED) is 0.717. The summed E-state index contributed by atoms with van der Waals surface area (Å²) in [5, 5.41) is 12.4. The van der Waals surface area contributed by atoms with Crippen molar-refractivity contribution in [1.29, 1.82) is 5.26 Å². The molecule has 0 saturated heterocycles. The molecule has 1 heterocycles. The Morgan fingerprint density at radius 3 is 2.68 bits per heavy atom. The van der Waals surface area contributed by atoms with Crippen LogP contribution in [0.15, 0.2) is 54.7 Å². The predicted molar refractivity (Wildman–Crippen MR) is 93.0 cm³/mol. The highest BCUT2D eigenvalue weighted by atomic mass is 16.5. The smallest absolute Gasteiger partial charge is 0.341 e. The number of carbonyl (C=O) groups is 2. The third-order valence-corrected chi connectivity index (χ3v) is 3.77. The molecule has 0 aliphatic heterocycles. The minimum absolute atomic E-state index is 0.339. The lowest BCUT2D eigenvalue weighted by Crippen LogP contribution is -2.30. The Morgan fingerprint density at radius 1 is 1.16 bits per heavy atom. The lowest BCUT2D eigenvalue weighted by atomic mass is 10.2. The summed E-state index contributed by atoms with van der Waals surface area (Å²) in [5.74, 6) is -1.09. The van der Waals surface area contributed by atoms with Gasteiger partial charge < -0.3 is 15.0 Å². The Hall–Kier alpha value is -3.59. The van der Waals surface area contributed by atoms with E-state index >= 15 is 0 Å². The molecule has 3 rings (SSSR count). The Morgan fingerprint density at radius 2 is 1.88 bits per heavy atom. The van der Waals surface area contributed by atoms with Gasteiger partial charge in [0.1, 0.15) is 6.07 Å². The van der Waals surface area contributed by atoms with Crippen molar-refractivity contribution in [2.75, 3.05) is 5.32 Å². The van der Waals surface area contributed by atoms with E-state index in [2.05, 4.69) is 10.3 Å². The van der Waals surface area contributed by atoms with E-state index in [1.54, 1.807) is 36.5 Å². The number of anilines is 1. The number of hydrogen-bond acceptors (Lipinski definition) is 4. The predicted octanol–water partition coefficient (Wildman–Crippen LogP) is 3.22. The summed E-state index contributed by atoms with van der Waals surface area (Å²) in [6, 6.07) is 15.9. The van der Waals surface area contributed by atoms with Crippen LogP contribution in [-0.4, -0.2) is 23.0 Å². The van der Waals surface area contributed by atoms with E-state index in [9.17, 15) is 9.59 Å². The van der Waals surface area contributed by atoms with Crippen LogP contribution in [0.4, 0.5) is 5.69 Å². The molecule has 1 amide bonds. The Balaban J connectivity index is 1.71. The number of ether oxygens (including phenoxy) is 1. The molecule has 124 valence electrons. The van der Waals surface area contributed by atoms with Gasteiger partial charge in [0.25, 0.3) is 5.91 Å². The molecular weight excluding hydrogens is 318 g/mol. The number of carbonyl (C=O) groups excluding carboxylic acids is 2. The fourth-order valence-corrected chi connectivity index (χ4v) is 2.44. The molecule has 6 nitrogen and oxygen atoms in total. The average Bonchev–Trinajstić information content (AvgIpc) is 3.06. The largest absolute Gasteiger partial charge is 0.449 e. The van der Waals surface area contributed by atoms with Crippen LogP contribution in [0.5, 0.6) is 0 Å². The van der Waals surface area contributed by atoms with Gasteiger partial charge in [-0.1, -0.05) is 30.3 Å². The second kappa shape index (κ2) is 6.89. The van der Waals surface area contributed by atoms with E-state index in [-0.39, 0.29) is 0 Å². The number of amides is 1. The van der Waals surface area contributed by atoms with Crippen LogP contribution in [0.3, 0.4) is 0 Å². The maximum atomic E-state index is 12.3. The van der Waals surface area contributed by atoms with Crippen molar-refractivity contribution in [2.45, 2.75) is 13.0 Å². The van der Waals surface area contributed by atoms with Crippen molar-refractivity contribution in [3.05, 3.63) is 65.9 Å². The van der Waals surface area contributed by atoms with E-state index in [0.29, 0.717) is 16.8 Å². The molecule has 2 aromatic carbocycles. The van der Waals surface area contributed by atoms with Gasteiger partial charge in [0.2, 0.25) is 0 Å². The van der Waals surface area contributed by atoms with Crippen LogP contribution in [0, 0.1) is 11.3 Å². The van der Waals surface area contributed by atoms with Crippen LogP contribution >= 0.6 is 0 Å². The van der Waals surface area contributed by atoms with Gasteiger partial charge in [-0.25, -0.2) is 4.79 Å². The molecule has 0 spiro atoms. The SMILES string of the molecule is C[C@H](OC(=O)c1c[nH]c2ccccc12)C(=O)Nc1ccccc1C#N. The molecular formula is C19H15N3O3. The third kappa shape index (κ3) is 3.35. The second-order valence-corrected chi connectivity index (χ2v) is 5.44. The first-order valence-electron chi connectivity index (χ1n) is 7.67. The number of hydrogen-bond donors (Lipinski definition) is 2. The first-order chi connectivity index (χ1) is 12.1. The first kappa shape index (κ1) is 16.3. The van der Waals surface area contributed by atoms with Gasteiger partial charge in [0.05, 0.1) is 16.8 Å². The number of nitrogens with zero attached hydrogens (tertiary/aromatic N) is 1. The lowest BCUT2D eigenvalue weighted by molar-refractivity contribution is -0.123. The van der Waals surface area contributed by atoms with Crippen LogP contribution in [-0.2, 0) is 9.53 Å². The highest BCUT2D eigenvalue weighted by Gasteiger charge is 2.21. The zero-order chi connectivity index (χ0) is 17.8. The molecule has 0 fully saturated rings. The van der Waals surface area contributed by atoms with Crippen molar-refractivity contribution in [1.82, 2.24) is 4.98 Å². The van der Waals surface area contributed by atoms with Crippen LogP contribution in [0.2, 0.25) is 0 Å². The number of nitriles is 1. The zero-order valence-electron chi connectivity index (χ0n) is 13.4. The zero-order valence-corrected chi connectivity index (χ0v) is 13.4. The van der Waals surface area contributed by atoms with Gasteiger partial charge in [0.15, 0.2) is 6.10 Å². The highest BCUT2D eigenvalue weighted by molar-refractivity contribution is 6.05. The number of esters is 1. The standard InChI is InChI=1S/C19H15N3O3/c1-12(18(23)22-16-8-4-2-6-13(16)10-20)25-19(24)15-11-21-17-9-5-3-7-14(15)17/h2-9,11-12,21H,1H3,(H,22,23)/t12-/m0/s1. The maximum absolute atomic E-state index is 12.3. The van der Waals surface area contributed by atoms with E-state index < -0.39 is 18.0 Å². The Bertz CT molecular complexity index is 985. The number of fused-ring (bicyclic) bond motifs is 1. The highest BCUT2D eigenvalue weighted by Crippen LogP contribution is 2.19. The van der Waals surface area contributed by atoms with Gasteiger partial charge >= 0.3 is 5.97 Å². The number of aromatic nitrogens is 1. The molecule has 1 atom stereocenters. The maximum Gasteiger partial charge on any atom is 0.341 e. The molecule has 2 N–H and O–H groups in total. The van der Waals surface area contributed by atoms with Gasteiger partial charge in [-0.15, -0.1) is 0 Å². The number of H-pyrrole nitrogens is 1. The van der Waals surface area contributed by atoms with Crippen LogP contribution in [0.1, 0.15) is 22.8 Å². The molecule has 3 aromatic rings. The normalized spacial score (nSPS) is 11.5. The van der Waals surface area contributed by atoms with Gasteiger partial charge in [-0.3, -0.25) is 4.79 Å². The van der Waals surface area contributed by atoms with Crippen molar-refractivity contribution >= 4 is 28.5 Å². The van der Waals surface area contributed by atoms with Crippen molar-refractivity contribution in [2.24, 2.45) is 0 Å².